The molecule has 0 rings (SSSR count). The van der Waals surface area contributed by atoms with Crippen LogP contribution >= 0.6 is 0 Å². The predicted octanol–water partition coefficient (Wildman–Crippen LogP) is 7.23. The van der Waals surface area contributed by atoms with Gasteiger partial charge in [0.2, 0.25) is 0 Å². The Hall–Kier alpha value is -0.0400. The second kappa shape index (κ2) is 19.0. The van der Waals surface area contributed by atoms with Crippen LogP contribution in [0.25, 0.3) is 0 Å². The number of nitrogens with two attached hydrogens (primary N) is 1. The van der Waals surface area contributed by atoms with Crippen molar-refractivity contribution >= 4 is 0 Å². The van der Waals surface area contributed by atoms with Crippen molar-refractivity contribution in [3.05, 3.63) is 0 Å². The van der Waals surface area contributed by atoms with Crippen LogP contribution < -0.4 is 5.73 Å². The first-order chi connectivity index (χ1) is 10.8. The summed E-state index contributed by atoms with van der Waals surface area (Å²) in [6.07, 6.45) is 24.2. The van der Waals surface area contributed by atoms with E-state index in [-0.39, 0.29) is 0 Å². The Kier molecular flexibility index (Phi) is 19.0. The molecule has 0 radical (unpaired) electrons. The van der Waals surface area contributed by atoms with E-state index in [1.807, 2.05) is 0 Å². The molecule has 134 valence electrons. The van der Waals surface area contributed by atoms with Crippen molar-refractivity contribution in [1.29, 1.82) is 0 Å². The molecule has 1 atom stereocenters. The zero-order chi connectivity index (χ0) is 16.3. The SMILES string of the molecule is CCCCCCCCC(C)CCCCCCCCCCCN. The van der Waals surface area contributed by atoms with Crippen molar-refractivity contribution < 1.29 is 0 Å². The molecular weight excluding hydrogens is 266 g/mol. The van der Waals surface area contributed by atoms with Gasteiger partial charge in [-0.05, 0) is 18.9 Å². The lowest BCUT2D eigenvalue weighted by molar-refractivity contribution is 0.431. The van der Waals surface area contributed by atoms with Gasteiger partial charge < -0.3 is 5.73 Å². The monoisotopic (exact) mass is 311 g/mol. The third-order valence-corrected chi connectivity index (χ3v) is 4.95. The molecule has 1 unspecified atom stereocenters. The van der Waals surface area contributed by atoms with Crippen molar-refractivity contribution in [2.45, 2.75) is 123 Å². The van der Waals surface area contributed by atoms with Gasteiger partial charge in [0.15, 0.2) is 0 Å². The summed E-state index contributed by atoms with van der Waals surface area (Å²) in [5.41, 5.74) is 5.51. The largest absolute Gasteiger partial charge is 0.330 e. The van der Waals surface area contributed by atoms with Crippen molar-refractivity contribution in [3.8, 4) is 0 Å². The highest BCUT2D eigenvalue weighted by Gasteiger charge is 2.02. The number of hydrogen-bond donors (Lipinski definition) is 1. The minimum atomic E-state index is 0.872. The summed E-state index contributed by atoms with van der Waals surface area (Å²) in [6, 6.07) is 0. The Bertz CT molecular complexity index is 190. The van der Waals surface area contributed by atoms with E-state index < -0.39 is 0 Å². The predicted molar refractivity (Wildman–Crippen MR) is 102 cm³/mol. The Morgan fingerprint density at radius 2 is 0.909 bits per heavy atom. The molecule has 0 aliphatic heterocycles. The van der Waals surface area contributed by atoms with E-state index in [1.54, 1.807) is 0 Å². The van der Waals surface area contributed by atoms with Crippen LogP contribution in [0.4, 0.5) is 0 Å². The van der Waals surface area contributed by atoms with Gasteiger partial charge in [-0.15, -0.1) is 0 Å². The highest BCUT2D eigenvalue weighted by molar-refractivity contribution is 4.56. The molecule has 0 aliphatic rings. The first-order valence-corrected chi connectivity index (χ1v) is 10.5. The molecule has 0 spiro atoms. The lowest BCUT2D eigenvalue weighted by Gasteiger charge is -2.11. The van der Waals surface area contributed by atoms with Gasteiger partial charge in [-0.1, -0.05) is 117 Å². The summed E-state index contributed by atoms with van der Waals surface area (Å²) in [5, 5.41) is 0. The molecular formula is C21H45N. The summed E-state index contributed by atoms with van der Waals surface area (Å²) in [4.78, 5) is 0. The minimum absolute atomic E-state index is 0.872. The summed E-state index contributed by atoms with van der Waals surface area (Å²) >= 11 is 0. The van der Waals surface area contributed by atoms with Gasteiger partial charge in [0.1, 0.15) is 0 Å². The molecule has 2 N–H and O–H groups in total. The molecule has 0 amide bonds. The van der Waals surface area contributed by atoms with E-state index in [0.29, 0.717) is 0 Å². The minimum Gasteiger partial charge on any atom is -0.330 e. The van der Waals surface area contributed by atoms with Gasteiger partial charge in [-0.25, -0.2) is 0 Å². The summed E-state index contributed by atoms with van der Waals surface area (Å²) in [5.74, 6) is 0.961. The molecule has 1 heteroatoms. The topological polar surface area (TPSA) is 26.0 Å². The van der Waals surface area contributed by atoms with E-state index in [4.69, 9.17) is 5.73 Å². The number of unbranched alkanes of at least 4 members (excludes halogenated alkanes) is 13. The summed E-state index contributed by atoms with van der Waals surface area (Å²) in [6.45, 7) is 5.63. The van der Waals surface area contributed by atoms with Gasteiger partial charge in [-0.2, -0.15) is 0 Å². The van der Waals surface area contributed by atoms with E-state index in [1.165, 1.54) is 109 Å². The highest BCUT2D eigenvalue weighted by Crippen LogP contribution is 2.18. The maximum absolute atomic E-state index is 5.51. The molecule has 0 saturated carbocycles. The second-order valence-corrected chi connectivity index (χ2v) is 7.42. The third-order valence-electron chi connectivity index (χ3n) is 4.95. The molecule has 0 fully saturated rings. The summed E-state index contributed by atoms with van der Waals surface area (Å²) < 4.78 is 0. The Balaban J connectivity index is 3.10. The van der Waals surface area contributed by atoms with Crippen molar-refractivity contribution in [3.63, 3.8) is 0 Å². The molecule has 0 aliphatic carbocycles. The van der Waals surface area contributed by atoms with Crippen LogP contribution in [0.2, 0.25) is 0 Å². The van der Waals surface area contributed by atoms with Crippen LogP contribution in [-0.2, 0) is 0 Å². The molecule has 0 aromatic carbocycles. The standard InChI is InChI=1S/C21H45N/c1-3-4-5-6-12-15-18-21(2)19-16-13-10-8-7-9-11-14-17-20-22/h21H,3-20,22H2,1-2H3. The molecule has 0 bridgehead atoms. The van der Waals surface area contributed by atoms with Crippen LogP contribution in [0, 0.1) is 5.92 Å². The molecule has 1 nitrogen and oxygen atoms in total. The van der Waals surface area contributed by atoms with Gasteiger partial charge >= 0.3 is 0 Å². The van der Waals surface area contributed by atoms with E-state index >= 15 is 0 Å². The molecule has 22 heavy (non-hydrogen) atoms. The molecule has 0 saturated heterocycles. The molecule has 0 aromatic heterocycles. The third kappa shape index (κ3) is 18.0. The fourth-order valence-electron chi connectivity index (χ4n) is 3.29. The zero-order valence-electron chi connectivity index (χ0n) is 15.9. The molecule has 0 aromatic rings. The van der Waals surface area contributed by atoms with Crippen molar-refractivity contribution in [1.82, 2.24) is 0 Å². The van der Waals surface area contributed by atoms with Gasteiger partial charge in [0, 0.05) is 0 Å². The Morgan fingerprint density at radius 3 is 1.32 bits per heavy atom. The smallest absolute Gasteiger partial charge is 0.00773 e. The highest BCUT2D eigenvalue weighted by atomic mass is 14.5. The lowest BCUT2D eigenvalue weighted by atomic mass is 9.96. The van der Waals surface area contributed by atoms with Crippen LogP contribution in [0.5, 0.6) is 0 Å². The number of hydrogen-bond acceptors (Lipinski definition) is 1. The second-order valence-electron chi connectivity index (χ2n) is 7.42. The maximum Gasteiger partial charge on any atom is -0.00773 e. The molecule has 0 heterocycles. The van der Waals surface area contributed by atoms with Crippen LogP contribution in [0.3, 0.4) is 0 Å². The van der Waals surface area contributed by atoms with Crippen LogP contribution in [-0.4, -0.2) is 6.54 Å². The lowest BCUT2D eigenvalue weighted by Crippen LogP contribution is -1.97. The van der Waals surface area contributed by atoms with Gasteiger partial charge in [0.25, 0.3) is 0 Å². The van der Waals surface area contributed by atoms with Crippen LogP contribution in [0.1, 0.15) is 123 Å². The maximum atomic E-state index is 5.51. The average molecular weight is 312 g/mol. The van der Waals surface area contributed by atoms with Crippen molar-refractivity contribution in [2.75, 3.05) is 6.54 Å². The average Bonchev–Trinajstić information content (AvgIpc) is 2.52. The quantitative estimate of drug-likeness (QED) is 0.265. The van der Waals surface area contributed by atoms with Crippen molar-refractivity contribution in [2.24, 2.45) is 11.7 Å². The normalized spacial score (nSPS) is 12.7. The van der Waals surface area contributed by atoms with Crippen LogP contribution in [0.15, 0.2) is 0 Å². The van der Waals surface area contributed by atoms with Gasteiger partial charge in [0.05, 0.1) is 0 Å². The van der Waals surface area contributed by atoms with E-state index in [2.05, 4.69) is 13.8 Å². The first-order valence-electron chi connectivity index (χ1n) is 10.5. The summed E-state index contributed by atoms with van der Waals surface area (Å²) in [7, 11) is 0. The van der Waals surface area contributed by atoms with E-state index in [9.17, 15) is 0 Å². The fourth-order valence-corrected chi connectivity index (χ4v) is 3.29. The van der Waals surface area contributed by atoms with E-state index in [0.717, 1.165) is 12.5 Å². The zero-order valence-corrected chi connectivity index (χ0v) is 15.9. The Morgan fingerprint density at radius 1 is 0.545 bits per heavy atom. The first kappa shape index (κ1) is 22.0. The fraction of sp³-hybridized carbons (Fsp3) is 1.00. The number of rotatable bonds is 18. The van der Waals surface area contributed by atoms with Gasteiger partial charge in [-0.3, -0.25) is 0 Å². The Labute approximate surface area is 141 Å².